The highest BCUT2D eigenvalue weighted by molar-refractivity contribution is 5.67. The first-order chi connectivity index (χ1) is 9.10. The number of benzene rings is 1. The maximum atomic E-state index is 13.9. The largest absolute Gasteiger partial charge is 0.497 e. The van der Waals surface area contributed by atoms with Gasteiger partial charge in [0, 0.05) is 24.2 Å². The Morgan fingerprint density at radius 3 is 3.00 bits per heavy atom. The minimum Gasteiger partial charge on any atom is -0.497 e. The van der Waals surface area contributed by atoms with Gasteiger partial charge in [0.15, 0.2) is 0 Å². The lowest BCUT2D eigenvalue weighted by Crippen LogP contribution is -2.31. The van der Waals surface area contributed by atoms with Crippen molar-refractivity contribution in [2.45, 2.75) is 31.8 Å². The summed E-state index contributed by atoms with van der Waals surface area (Å²) in [6.45, 7) is 1.27. The van der Waals surface area contributed by atoms with Gasteiger partial charge in [-0.25, -0.2) is 4.39 Å². The Morgan fingerprint density at radius 2 is 2.37 bits per heavy atom. The SMILES string of the molecule is COc1ccc(CN2CCCC2CC(=O)O)c(F)c1. The molecule has 1 heterocycles. The van der Waals surface area contributed by atoms with E-state index in [1.165, 1.54) is 13.2 Å². The van der Waals surface area contributed by atoms with Crippen LogP contribution in [0, 0.1) is 5.82 Å². The third kappa shape index (κ3) is 3.44. The predicted octanol–water partition coefficient (Wildman–Crippen LogP) is 2.27. The molecule has 104 valence electrons. The number of nitrogens with zero attached hydrogens (tertiary/aromatic N) is 1. The van der Waals surface area contributed by atoms with Gasteiger partial charge in [0.2, 0.25) is 0 Å². The molecule has 0 saturated carbocycles. The molecule has 0 radical (unpaired) electrons. The highest BCUT2D eigenvalue weighted by Gasteiger charge is 2.27. The van der Waals surface area contributed by atoms with Crippen LogP contribution in [-0.2, 0) is 11.3 Å². The van der Waals surface area contributed by atoms with Crippen molar-refractivity contribution in [3.05, 3.63) is 29.6 Å². The number of ether oxygens (including phenoxy) is 1. The molecule has 0 aromatic heterocycles. The van der Waals surface area contributed by atoms with Gasteiger partial charge in [0.05, 0.1) is 13.5 Å². The molecule has 1 aliphatic heterocycles. The number of methoxy groups -OCH3 is 1. The summed E-state index contributed by atoms with van der Waals surface area (Å²) in [5.74, 6) is -0.614. The van der Waals surface area contributed by atoms with Crippen molar-refractivity contribution in [3.63, 3.8) is 0 Å². The van der Waals surface area contributed by atoms with E-state index in [-0.39, 0.29) is 18.3 Å². The first-order valence-corrected chi connectivity index (χ1v) is 6.38. The van der Waals surface area contributed by atoms with Crippen LogP contribution in [0.25, 0.3) is 0 Å². The van der Waals surface area contributed by atoms with Gasteiger partial charge in [-0.15, -0.1) is 0 Å². The van der Waals surface area contributed by atoms with Crippen LogP contribution < -0.4 is 4.74 Å². The molecule has 1 atom stereocenters. The van der Waals surface area contributed by atoms with Crippen LogP contribution >= 0.6 is 0 Å². The Labute approximate surface area is 111 Å². The molecule has 0 aliphatic carbocycles. The number of carbonyl (C=O) groups is 1. The molecular weight excluding hydrogens is 249 g/mol. The molecule has 2 rings (SSSR count). The summed E-state index contributed by atoms with van der Waals surface area (Å²) in [7, 11) is 1.50. The number of hydrogen-bond donors (Lipinski definition) is 1. The lowest BCUT2D eigenvalue weighted by Gasteiger charge is -2.23. The van der Waals surface area contributed by atoms with E-state index in [2.05, 4.69) is 0 Å². The number of aliphatic carboxylic acids is 1. The van der Waals surface area contributed by atoms with Gasteiger partial charge < -0.3 is 9.84 Å². The van der Waals surface area contributed by atoms with Crippen molar-refractivity contribution in [2.24, 2.45) is 0 Å². The molecule has 1 aliphatic rings. The van der Waals surface area contributed by atoms with Gasteiger partial charge >= 0.3 is 5.97 Å². The Bertz CT molecular complexity index is 464. The molecule has 1 fully saturated rings. The molecule has 1 saturated heterocycles. The van der Waals surface area contributed by atoms with Gasteiger partial charge in [-0.1, -0.05) is 6.07 Å². The Morgan fingerprint density at radius 1 is 1.58 bits per heavy atom. The number of carboxylic acid groups (broad SMARTS) is 1. The van der Waals surface area contributed by atoms with Crippen LogP contribution in [0.1, 0.15) is 24.8 Å². The standard InChI is InChI=1S/C14H18FNO3/c1-19-12-5-4-10(13(15)8-12)9-16-6-2-3-11(16)7-14(17)18/h4-5,8,11H,2-3,6-7,9H2,1H3,(H,17,18). The van der Waals surface area contributed by atoms with Crippen molar-refractivity contribution in [2.75, 3.05) is 13.7 Å². The average Bonchev–Trinajstić information content (AvgIpc) is 2.78. The minimum absolute atomic E-state index is 0.0130. The maximum absolute atomic E-state index is 13.9. The van der Waals surface area contributed by atoms with Gasteiger partial charge in [-0.05, 0) is 25.5 Å². The quantitative estimate of drug-likeness (QED) is 0.889. The van der Waals surface area contributed by atoms with Crippen LogP contribution in [0.15, 0.2) is 18.2 Å². The van der Waals surface area contributed by atoms with Crippen LogP contribution in [-0.4, -0.2) is 35.7 Å². The second-order valence-electron chi connectivity index (χ2n) is 4.82. The van der Waals surface area contributed by atoms with E-state index in [1.54, 1.807) is 12.1 Å². The molecule has 19 heavy (non-hydrogen) atoms. The second kappa shape index (κ2) is 6.02. The van der Waals surface area contributed by atoms with Gasteiger partial charge in [-0.3, -0.25) is 9.69 Å². The van der Waals surface area contributed by atoms with Crippen molar-refractivity contribution in [1.29, 1.82) is 0 Å². The zero-order valence-corrected chi connectivity index (χ0v) is 10.9. The normalized spacial score (nSPS) is 19.6. The molecule has 1 aromatic rings. The van der Waals surface area contributed by atoms with Gasteiger partial charge in [0.1, 0.15) is 11.6 Å². The number of likely N-dealkylation sites (tertiary alicyclic amines) is 1. The smallest absolute Gasteiger partial charge is 0.304 e. The molecule has 1 aromatic carbocycles. The van der Waals surface area contributed by atoms with Crippen LogP contribution in [0.4, 0.5) is 4.39 Å². The fraction of sp³-hybridized carbons (Fsp3) is 0.500. The van der Waals surface area contributed by atoms with E-state index in [9.17, 15) is 9.18 Å². The average molecular weight is 267 g/mol. The number of carboxylic acids is 1. The molecule has 5 heteroatoms. The second-order valence-corrected chi connectivity index (χ2v) is 4.82. The zero-order valence-electron chi connectivity index (χ0n) is 10.9. The molecule has 1 unspecified atom stereocenters. The van der Waals surface area contributed by atoms with Crippen molar-refractivity contribution in [3.8, 4) is 5.75 Å². The van der Waals surface area contributed by atoms with E-state index in [4.69, 9.17) is 9.84 Å². The first kappa shape index (κ1) is 13.8. The van der Waals surface area contributed by atoms with Crippen molar-refractivity contribution in [1.82, 2.24) is 4.90 Å². The minimum atomic E-state index is -0.799. The topological polar surface area (TPSA) is 49.8 Å². The summed E-state index contributed by atoms with van der Waals surface area (Å²) < 4.78 is 18.8. The molecular formula is C14H18FNO3. The lowest BCUT2D eigenvalue weighted by molar-refractivity contribution is -0.138. The fourth-order valence-electron chi connectivity index (χ4n) is 2.54. The Balaban J connectivity index is 2.05. The third-order valence-electron chi connectivity index (χ3n) is 3.54. The van der Waals surface area contributed by atoms with Crippen molar-refractivity contribution < 1.29 is 19.0 Å². The van der Waals surface area contributed by atoms with E-state index in [0.717, 1.165) is 19.4 Å². The summed E-state index contributed by atoms with van der Waals surface area (Å²) >= 11 is 0. The van der Waals surface area contributed by atoms with E-state index < -0.39 is 5.97 Å². The monoisotopic (exact) mass is 267 g/mol. The summed E-state index contributed by atoms with van der Waals surface area (Å²) in [5, 5.41) is 8.86. The van der Waals surface area contributed by atoms with Gasteiger partial charge in [-0.2, -0.15) is 0 Å². The first-order valence-electron chi connectivity index (χ1n) is 6.38. The summed E-state index contributed by atoms with van der Waals surface area (Å²) in [5.41, 5.74) is 0.582. The van der Waals surface area contributed by atoms with Crippen LogP contribution in [0.3, 0.4) is 0 Å². The van der Waals surface area contributed by atoms with E-state index in [0.29, 0.717) is 17.9 Å². The molecule has 0 spiro atoms. The third-order valence-corrected chi connectivity index (χ3v) is 3.54. The van der Waals surface area contributed by atoms with E-state index >= 15 is 0 Å². The molecule has 1 N–H and O–H groups in total. The maximum Gasteiger partial charge on any atom is 0.304 e. The van der Waals surface area contributed by atoms with Crippen LogP contribution in [0.5, 0.6) is 5.75 Å². The highest BCUT2D eigenvalue weighted by atomic mass is 19.1. The zero-order chi connectivity index (χ0) is 13.8. The van der Waals surface area contributed by atoms with Gasteiger partial charge in [0.25, 0.3) is 0 Å². The van der Waals surface area contributed by atoms with E-state index in [1.807, 2.05) is 4.90 Å². The Kier molecular flexibility index (Phi) is 4.37. The lowest BCUT2D eigenvalue weighted by atomic mass is 10.1. The predicted molar refractivity (Wildman–Crippen MR) is 68.6 cm³/mol. The fourth-order valence-corrected chi connectivity index (χ4v) is 2.54. The molecule has 0 amide bonds. The molecule has 4 nitrogen and oxygen atoms in total. The van der Waals surface area contributed by atoms with Crippen molar-refractivity contribution >= 4 is 5.97 Å². The number of hydrogen-bond acceptors (Lipinski definition) is 3. The summed E-state index contributed by atoms with van der Waals surface area (Å²) in [6, 6.07) is 4.79. The Hall–Kier alpha value is -1.62. The molecule has 0 bridgehead atoms. The summed E-state index contributed by atoms with van der Waals surface area (Å²) in [4.78, 5) is 12.8. The number of rotatable bonds is 5. The summed E-state index contributed by atoms with van der Waals surface area (Å²) in [6.07, 6.45) is 1.96. The highest BCUT2D eigenvalue weighted by Crippen LogP contribution is 2.24. The van der Waals surface area contributed by atoms with Crippen LogP contribution in [0.2, 0.25) is 0 Å². The number of halogens is 1.